The van der Waals surface area contributed by atoms with Crippen LogP contribution in [-0.4, -0.2) is 14.5 Å². The predicted molar refractivity (Wildman–Crippen MR) is 314 cm³/mol. The SMILES string of the molecule is CC(C)(C)c1cc(-c2cccc3c2nc(-c2cc(-c4ccccc4)cc4c2[n-]c2cc(C(C)(C)C)cc(C(C)(C)C)c24)n3-c2ccccc2C(C)(C)C)[c-]c(C2(c3ccccn3)c3ccccc3-c3ccccc32)c1.[Pt+2]. The van der Waals surface area contributed by atoms with Gasteiger partial charge in [0.05, 0.1) is 27.8 Å². The second kappa shape index (κ2) is 18.3. The minimum atomic E-state index is -0.734. The molecule has 8 aromatic carbocycles. The fourth-order valence-electron chi connectivity index (χ4n) is 12.0. The van der Waals surface area contributed by atoms with E-state index in [0.29, 0.717) is 0 Å². The Kier molecular flexibility index (Phi) is 12.3. The van der Waals surface area contributed by atoms with E-state index in [1.165, 1.54) is 49.9 Å². The molecular weight excluding hydrogens is 1100 g/mol. The van der Waals surface area contributed by atoms with E-state index in [0.717, 1.165) is 78.0 Å². The van der Waals surface area contributed by atoms with Crippen LogP contribution in [0.25, 0.3) is 83.3 Å². The van der Waals surface area contributed by atoms with Crippen molar-refractivity contribution < 1.29 is 21.1 Å². The van der Waals surface area contributed by atoms with Gasteiger partial charge in [-0.1, -0.05) is 216 Å². The van der Waals surface area contributed by atoms with Gasteiger partial charge in [0, 0.05) is 11.8 Å². The zero-order valence-electron chi connectivity index (χ0n) is 45.9. The first-order chi connectivity index (χ1) is 35.7. The summed E-state index contributed by atoms with van der Waals surface area (Å²) in [5, 5.41) is 2.35. The first-order valence-corrected chi connectivity index (χ1v) is 26.7. The number of hydrogen-bond donors (Lipinski definition) is 0. The molecule has 0 amide bonds. The van der Waals surface area contributed by atoms with Crippen molar-refractivity contribution in [2.45, 2.75) is 110 Å². The maximum atomic E-state index is 6.00. The Balaban J connectivity index is 0.00000616. The molecule has 3 heterocycles. The minimum absolute atomic E-state index is 0. The molecule has 0 saturated heterocycles. The van der Waals surface area contributed by atoms with Crippen LogP contribution in [0.5, 0.6) is 0 Å². The number of rotatable bonds is 6. The first kappa shape index (κ1) is 51.0. The van der Waals surface area contributed by atoms with Gasteiger partial charge in [-0.05, 0) is 119 Å². The second-order valence-electron chi connectivity index (χ2n) is 25.0. The van der Waals surface area contributed by atoms with Crippen LogP contribution < -0.4 is 4.98 Å². The molecule has 5 heteroatoms. The molecule has 11 aromatic rings. The largest absolute Gasteiger partial charge is 2.00 e. The first-order valence-electron chi connectivity index (χ1n) is 26.7. The topological polar surface area (TPSA) is 44.8 Å². The van der Waals surface area contributed by atoms with E-state index in [1.807, 2.05) is 12.3 Å². The molecule has 380 valence electrons. The standard InChI is InChI=1S/C71H66N4.Pt/c1-67(2,3)47-37-46(38-49(41-47)71(62-35-22-23-36-72-62)55-30-18-16-27-51(55)52-28-17-19-31-56(52)71)50-29-24-34-61-65(50)74-66(75(61)60-33-21-20-32-57(60)69(7,8)9)54-40-45(44-25-14-13-15-26-44)39-53-63-58(70(10,11)12)42-48(68(4,5)6)43-59(63)73-64(53)54;/h13-37,39-43H,1-12H3;/q-2;+2. The van der Waals surface area contributed by atoms with Gasteiger partial charge in [-0.15, -0.1) is 45.9 Å². The van der Waals surface area contributed by atoms with E-state index < -0.39 is 5.41 Å². The van der Waals surface area contributed by atoms with Gasteiger partial charge < -0.3 is 4.98 Å². The molecule has 1 aliphatic carbocycles. The molecule has 0 fully saturated rings. The summed E-state index contributed by atoms with van der Waals surface area (Å²) in [7, 11) is 0. The van der Waals surface area contributed by atoms with E-state index in [1.54, 1.807) is 0 Å². The van der Waals surface area contributed by atoms with Gasteiger partial charge in [0.15, 0.2) is 0 Å². The van der Waals surface area contributed by atoms with Crippen molar-refractivity contribution in [3.63, 3.8) is 0 Å². The minimum Gasteiger partial charge on any atom is -0.656 e. The molecule has 0 bridgehead atoms. The Morgan fingerprint density at radius 1 is 0.500 bits per heavy atom. The van der Waals surface area contributed by atoms with E-state index >= 15 is 0 Å². The summed E-state index contributed by atoms with van der Waals surface area (Å²) in [6.45, 7) is 27.8. The summed E-state index contributed by atoms with van der Waals surface area (Å²) in [6, 6.07) is 68.9. The average molecular weight is 1170 g/mol. The van der Waals surface area contributed by atoms with Crippen molar-refractivity contribution in [1.29, 1.82) is 0 Å². The van der Waals surface area contributed by atoms with Crippen LogP contribution in [0.3, 0.4) is 0 Å². The van der Waals surface area contributed by atoms with Gasteiger partial charge in [0.25, 0.3) is 0 Å². The van der Waals surface area contributed by atoms with Crippen LogP contribution in [-0.2, 0) is 48.1 Å². The van der Waals surface area contributed by atoms with Gasteiger partial charge in [-0.2, -0.15) is 0 Å². The Morgan fingerprint density at radius 2 is 1.11 bits per heavy atom. The van der Waals surface area contributed by atoms with Crippen LogP contribution in [0, 0.1) is 6.07 Å². The summed E-state index contributed by atoms with van der Waals surface area (Å²) in [5.74, 6) is 0.851. The number of aromatic nitrogens is 4. The molecule has 4 nitrogen and oxygen atoms in total. The Hall–Kier alpha value is -7.13. The monoisotopic (exact) mass is 1170 g/mol. The maximum Gasteiger partial charge on any atom is 2.00 e. The number of hydrogen-bond acceptors (Lipinski definition) is 2. The molecule has 0 saturated carbocycles. The molecule has 1 aliphatic rings. The molecule has 0 atom stereocenters. The average Bonchev–Trinajstić information content (AvgIpc) is 4.26. The Bertz CT molecular complexity index is 3990. The van der Waals surface area contributed by atoms with Crippen molar-refractivity contribution in [1.82, 2.24) is 19.5 Å². The van der Waals surface area contributed by atoms with E-state index in [2.05, 4.69) is 264 Å². The summed E-state index contributed by atoms with van der Waals surface area (Å²) in [4.78, 5) is 17.0. The predicted octanol–water partition coefficient (Wildman–Crippen LogP) is 18.0. The molecule has 0 spiro atoms. The zero-order valence-corrected chi connectivity index (χ0v) is 48.2. The van der Waals surface area contributed by atoms with E-state index in [4.69, 9.17) is 15.0 Å². The third kappa shape index (κ3) is 8.22. The van der Waals surface area contributed by atoms with Gasteiger partial charge in [0.2, 0.25) is 0 Å². The van der Waals surface area contributed by atoms with Crippen LogP contribution in [0.2, 0.25) is 0 Å². The van der Waals surface area contributed by atoms with Crippen LogP contribution in [0.1, 0.15) is 128 Å². The molecule has 0 radical (unpaired) electrons. The number of benzene rings is 8. The molecule has 0 aliphatic heterocycles. The van der Waals surface area contributed by atoms with Crippen molar-refractivity contribution in [3.8, 4) is 50.5 Å². The summed E-state index contributed by atoms with van der Waals surface area (Å²) >= 11 is 0. The van der Waals surface area contributed by atoms with Crippen LogP contribution >= 0.6 is 0 Å². The second-order valence-corrected chi connectivity index (χ2v) is 25.0. The molecule has 12 rings (SSSR count). The van der Waals surface area contributed by atoms with Gasteiger partial charge in [-0.3, -0.25) is 9.55 Å². The quantitative estimate of drug-likeness (QED) is 0.156. The maximum absolute atomic E-state index is 6.00. The van der Waals surface area contributed by atoms with Crippen molar-refractivity contribution >= 4 is 32.8 Å². The molecule has 0 N–H and O–H groups in total. The van der Waals surface area contributed by atoms with Crippen LogP contribution in [0.4, 0.5) is 0 Å². The van der Waals surface area contributed by atoms with E-state index in [-0.39, 0.29) is 42.7 Å². The zero-order chi connectivity index (χ0) is 52.4. The smallest absolute Gasteiger partial charge is 0.656 e. The normalized spacial score (nSPS) is 13.5. The van der Waals surface area contributed by atoms with Gasteiger partial charge >= 0.3 is 21.1 Å². The number of para-hydroxylation sites is 2. The third-order valence-corrected chi connectivity index (χ3v) is 15.8. The van der Waals surface area contributed by atoms with Crippen molar-refractivity contribution in [3.05, 3.63) is 233 Å². The molecule has 0 unspecified atom stereocenters. The van der Waals surface area contributed by atoms with Gasteiger partial charge in [0.1, 0.15) is 5.82 Å². The summed E-state index contributed by atoms with van der Waals surface area (Å²) in [6.07, 6.45) is 1.93. The third-order valence-electron chi connectivity index (χ3n) is 15.8. The Labute approximate surface area is 464 Å². The number of imidazole rings is 1. The fraction of sp³-hybridized carbons (Fsp3) is 0.239. The van der Waals surface area contributed by atoms with Gasteiger partial charge in [-0.25, -0.2) is 4.98 Å². The van der Waals surface area contributed by atoms with Crippen LogP contribution in [0.15, 0.2) is 182 Å². The fourth-order valence-corrected chi connectivity index (χ4v) is 12.0. The summed E-state index contributed by atoms with van der Waals surface area (Å²) in [5.41, 5.74) is 20.9. The number of nitrogens with zero attached hydrogens (tertiary/aromatic N) is 4. The number of pyridine rings is 1. The molecule has 3 aromatic heterocycles. The summed E-state index contributed by atoms with van der Waals surface area (Å²) < 4.78 is 2.43. The van der Waals surface area contributed by atoms with Crippen molar-refractivity contribution in [2.24, 2.45) is 0 Å². The Morgan fingerprint density at radius 3 is 1.75 bits per heavy atom. The van der Waals surface area contributed by atoms with E-state index in [9.17, 15) is 0 Å². The number of fused-ring (bicyclic) bond motifs is 7. The molecule has 76 heavy (non-hydrogen) atoms. The molecular formula is C71H66N4Pt. The van der Waals surface area contributed by atoms with Crippen molar-refractivity contribution in [2.75, 3.05) is 0 Å².